The van der Waals surface area contributed by atoms with Crippen LogP contribution in [0.2, 0.25) is 0 Å². The van der Waals surface area contributed by atoms with E-state index in [9.17, 15) is 10.2 Å². The first kappa shape index (κ1) is 17.3. The van der Waals surface area contributed by atoms with Gasteiger partial charge in [0.05, 0.1) is 12.2 Å². The molecule has 0 spiro atoms. The molecule has 0 fully saturated rings. The van der Waals surface area contributed by atoms with Crippen LogP contribution in [0.25, 0.3) is 0 Å². The number of benzene rings is 2. The Morgan fingerprint density at radius 2 is 1.13 bits per heavy atom. The molecular weight excluding hydrogens is 312 g/mol. The molecule has 2 N–H and O–H groups in total. The van der Waals surface area contributed by atoms with Gasteiger partial charge < -0.3 is 19.7 Å². The highest BCUT2D eigenvalue weighted by Gasteiger charge is 2.10. The summed E-state index contributed by atoms with van der Waals surface area (Å²) < 4.78 is 11.2. The molecule has 0 saturated heterocycles. The summed E-state index contributed by atoms with van der Waals surface area (Å²) in [6.45, 7) is 7.65. The van der Waals surface area contributed by atoms with Crippen molar-refractivity contribution >= 4 is 11.8 Å². The lowest BCUT2D eigenvalue weighted by Gasteiger charge is -2.14. The maximum absolute atomic E-state index is 9.84. The minimum Gasteiger partial charge on any atom is -0.504 e. The minimum absolute atomic E-state index is 0.0131. The van der Waals surface area contributed by atoms with Gasteiger partial charge in [0, 0.05) is 9.79 Å². The molecule has 0 atom stereocenters. The lowest BCUT2D eigenvalue weighted by molar-refractivity contribution is 0.231. The maximum Gasteiger partial charge on any atom is 0.162 e. The quantitative estimate of drug-likeness (QED) is 0.793. The summed E-state index contributed by atoms with van der Waals surface area (Å²) in [5.41, 5.74) is 0. The Hall–Kier alpha value is -2.01. The Morgan fingerprint density at radius 3 is 1.48 bits per heavy atom. The number of hydrogen-bond donors (Lipinski definition) is 2. The molecule has 0 heterocycles. The molecule has 0 aromatic heterocycles. The second-order valence-corrected chi connectivity index (χ2v) is 6.84. The Kier molecular flexibility index (Phi) is 5.66. The zero-order chi connectivity index (χ0) is 17.0. The Morgan fingerprint density at radius 1 is 0.739 bits per heavy atom. The molecule has 2 aromatic carbocycles. The van der Waals surface area contributed by atoms with Gasteiger partial charge in [0.15, 0.2) is 23.0 Å². The van der Waals surface area contributed by atoms with E-state index in [-0.39, 0.29) is 23.7 Å². The predicted octanol–water partition coefficient (Wildman–Crippen LogP) is 4.82. The van der Waals surface area contributed by atoms with E-state index in [1.165, 1.54) is 11.8 Å². The lowest BCUT2D eigenvalue weighted by Crippen LogP contribution is -2.05. The predicted molar refractivity (Wildman–Crippen MR) is 91.9 cm³/mol. The van der Waals surface area contributed by atoms with Crippen molar-refractivity contribution < 1.29 is 19.7 Å². The van der Waals surface area contributed by atoms with Gasteiger partial charge in [-0.25, -0.2) is 0 Å². The molecule has 4 nitrogen and oxygen atoms in total. The smallest absolute Gasteiger partial charge is 0.162 e. The summed E-state index contributed by atoms with van der Waals surface area (Å²) in [5.74, 6) is 1.17. The normalized spacial score (nSPS) is 11.0. The van der Waals surface area contributed by atoms with Gasteiger partial charge in [-0.2, -0.15) is 0 Å². The molecule has 0 aliphatic heterocycles. The van der Waals surface area contributed by atoms with Crippen molar-refractivity contribution in [3.63, 3.8) is 0 Å². The highest BCUT2D eigenvalue weighted by Crippen LogP contribution is 2.38. The van der Waals surface area contributed by atoms with Crippen molar-refractivity contribution in [2.24, 2.45) is 0 Å². The van der Waals surface area contributed by atoms with Crippen LogP contribution in [0.1, 0.15) is 27.7 Å². The van der Waals surface area contributed by atoms with Crippen molar-refractivity contribution in [1.29, 1.82) is 0 Å². The van der Waals surface area contributed by atoms with Crippen molar-refractivity contribution in [1.82, 2.24) is 0 Å². The SMILES string of the molecule is CC(C)Oc1cc(Sc2ccc(O)c(OC(C)C)c2)ccc1O. The van der Waals surface area contributed by atoms with Crippen LogP contribution in [0.4, 0.5) is 0 Å². The van der Waals surface area contributed by atoms with E-state index in [2.05, 4.69) is 0 Å². The number of hydrogen-bond acceptors (Lipinski definition) is 5. The van der Waals surface area contributed by atoms with E-state index in [0.717, 1.165) is 9.79 Å². The third-order valence-electron chi connectivity index (χ3n) is 2.82. The Bertz CT molecular complexity index is 611. The second-order valence-electron chi connectivity index (χ2n) is 5.69. The summed E-state index contributed by atoms with van der Waals surface area (Å²) >= 11 is 1.51. The number of ether oxygens (including phenoxy) is 2. The summed E-state index contributed by atoms with van der Waals surface area (Å²) in [5, 5.41) is 19.7. The molecule has 5 heteroatoms. The molecule has 2 aromatic rings. The zero-order valence-electron chi connectivity index (χ0n) is 13.7. The average Bonchev–Trinajstić information content (AvgIpc) is 2.45. The van der Waals surface area contributed by atoms with Gasteiger partial charge >= 0.3 is 0 Å². The van der Waals surface area contributed by atoms with Gasteiger partial charge in [-0.05, 0) is 64.1 Å². The molecule has 0 unspecified atom stereocenters. The van der Waals surface area contributed by atoms with E-state index >= 15 is 0 Å². The highest BCUT2D eigenvalue weighted by atomic mass is 32.2. The van der Waals surface area contributed by atoms with Crippen LogP contribution in [0, 0.1) is 0 Å². The van der Waals surface area contributed by atoms with E-state index < -0.39 is 0 Å². The van der Waals surface area contributed by atoms with Crippen molar-refractivity contribution in [2.75, 3.05) is 0 Å². The zero-order valence-corrected chi connectivity index (χ0v) is 14.6. The molecule has 124 valence electrons. The topological polar surface area (TPSA) is 58.9 Å². The molecule has 23 heavy (non-hydrogen) atoms. The number of phenols is 2. The van der Waals surface area contributed by atoms with Gasteiger partial charge in [-0.3, -0.25) is 0 Å². The van der Waals surface area contributed by atoms with Crippen LogP contribution < -0.4 is 9.47 Å². The first-order valence-corrected chi connectivity index (χ1v) is 8.34. The third kappa shape index (κ3) is 4.99. The standard InChI is InChI=1S/C18H22O4S/c1-11(2)21-17-9-13(5-7-15(17)19)23-14-6-8-16(20)18(10-14)22-12(3)4/h5-12,19-20H,1-4H3. The van der Waals surface area contributed by atoms with Gasteiger partial charge in [0.25, 0.3) is 0 Å². The maximum atomic E-state index is 9.84. The van der Waals surface area contributed by atoms with Crippen molar-refractivity contribution in [3.8, 4) is 23.0 Å². The fraction of sp³-hybridized carbons (Fsp3) is 0.333. The molecule has 0 amide bonds. The van der Waals surface area contributed by atoms with Crippen molar-refractivity contribution in [3.05, 3.63) is 36.4 Å². The summed E-state index contributed by atoms with van der Waals surface area (Å²) in [4.78, 5) is 1.86. The highest BCUT2D eigenvalue weighted by molar-refractivity contribution is 7.99. The first-order valence-electron chi connectivity index (χ1n) is 7.52. The molecule has 0 aliphatic rings. The molecular formula is C18H22O4S. The fourth-order valence-electron chi connectivity index (χ4n) is 1.95. The monoisotopic (exact) mass is 334 g/mol. The third-order valence-corrected chi connectivity index (χ3v) is 3.80. The number of phenolic OH excluding ortho intramolecular Hbond substituents is 2. The van der Waals surface area contributed by atoms with Gasteiger partial charge in [-0.15, -0.1) is 0 Å². The van der Waals surface area contributed by atoms with Crippen LogP contribution in [0.5, 0.6) is 23.0 Å². The van der Waals surface area contributed by atoms with Crippen LogP contribution in [-0.4, -0.2) is 22.4 Å². The summed E-state index contributed by atoms with van der Waals surface area (Å²) in [6, 6.07) is 10.5. The fourth-order valence-corrected chi connectivity index (χ4v) is 2.82. The van der Waals surface area contributed by atoms with E-state index in [1.54, 1.807) is 24.3 Å². The molecule has 0 aliphatic carbocycles. The van der Waals surface area contributed by atoms with Crippen LogP contribution in [0.15, 0.2) is 46.2 Å². The lowest BCUT2D eigenvalue weighted by atomic mass is 10.3. The van der Waals surface area contributed by atoms with E-state index in [0.29, 0.717) is 11.5 Å². The molecule has 0 bridgehead atoms. The van der Waals surface area contributed by atoms with E-state index in [4.69, 9.17) is 9.47 Å². The molecule has 0 radical (unpaired) electrons. The van der Waals surface area contributed by atoms with Crippen LogP contribution >= 0.6 is 11.8 Å². The van der Waals surface area contributed by atoms with Gasteiger partial charge in [0.1, 0.15) is 0 Å². The Balaban J connectivity index is 2.22. The van der Waals surface area contributed by atoms with Crippen LogP contribution in [0.3, 0.4) is 0 Å². The molecule has 0 saturated carbocycles. The number of aromatic hydroxyl groups is 2. The second kappa shape index (κ2) is 7.51. The van der Waals surface area contributed by atoms with E-state index in [1.807, 2.05) is 39.8 Å². The average molecular weight is 334 g/mol. The summed E-state index contributed by atoms with van der Waals surface area (Å²) in [7, 11) is 0. The summed E-state index contributed by atoms with van der Waals surface area (Å²) in [6.07, 6.45) is -0.0262. The first-order chi connectivity index (χ1) is 10.8. The number of rotatable bonds is 6. The Labute approximate surface area is 141 Å². The van der Waals surface area contributed by atoms with Crippen LogP contribution in [-0.2, 0) is 0 Å². The molecule has 2 rings (SSSR count). The minimum atomic E-state index is -0.0131. The van der Waals surface area contributed by atoms with Gasteiger partial charge in [-0.1, -0.05) is 11.8 Å². The van der Waals surface area contributed by atoms with Gasteiger partial charge in [0.2, 0.25) is 0 Å². The van der Waals surface area contributed by atoms with Crippen molar-refractivity contribution in [2.45, 2.75) is 49.7 Å². The largest absolute Gasteiger partial charge is 0.504 e.